The van der Waals surface area contributed by atoms with E-state index >= 15 is 0 Å². The third-order valence-electron chi connectivity index (χ3n) is 8.87. The average Bonchev–Trinajstić information content (AvgIpc) is 3.25. The van der Waals surface area contributed by atoms with Gasteiger partial charge in [-0.05, 0) is 94.6 Å². The van der Waals surface area contributed by atoms with Crippen molar-refractivity contribution in [1.29, 1.82) is 0 Å². The van der Waals surface area contributed by atoms with Gasteiger partial charge in [-0.2, -0.15) is 0 Å². The Labute approximate surface area is 274 Å². The summed E-state index contributed by atoms with van der Waals surface area (Å²) in [4.78, 5) is 0. The Morgan fingerprint density at radius 1 is 0.744 bits per heavy atom. The molecule has 0 amide bonds. The van der Waals surface area contributed by atoms with Crippen molar-refractivity contribution in [3.05, 3.63) is 39.1 Å². The van der Waals surface area contributed by atoms with Crippen LogP contribution in [0.15, 0.2) is 24.3 Å². The highest BCUT2D eigenvalue weighted by Crippen LogP contribution is 2.45. The minimum atomic E-state index is -2.20. The molecule has 0 saturated carbocycles. The number of methoxy groups -OCH3 is 3. The van der Waals surface area contributed by atoms with E-state index in [0.29, 0.717) is 23.8 Å². The number of rotatable bonds is 11. The molecular formula is C32H50IN3O5Si2. The fourth-order valence-electron chi connectivity index (χ4n) is 4.07. The van der Waals surface area contributed by atoms with Crippen molar-refractivity contribution < 1.29 is 23.1 Å². The lowest BCUT2D eigenvalue weighted by Crippen LogP contribution is -2.44. The number of ether oxygens (including phenoxy) is 3. The Balaban J connectivity index is 2.17. The Hall–Kier alpha value is -2.26. The van der Waals surface area contributed by atoms with Crippen LogP contribution in [0, 0.1) is 3.70 Å². The molecular weight excluding hydrogens is 689 g/mol. The van der Waals surface area contributed by atoms with Gasteiger partial charge in [-0.15, -0.1) is 5.10 Å². The number of halogens is 1. The lowest BCUT2D eigenvalue weighted by Gasteiger charge is -2.39. The molecule has 8 nitrogen and oxygen atoms in total. The maximum absolute atomic E-state index is 7.01. The predicted octanol–water partition coefficient (Wildman–Crippen LogP) is 8.95. The SMILES string of the molecule is CCc1cc(-c2nnn(Cc3cc(OC)c(OC)c(OC)c3)c2I)c(O[Si](C)(C)C(C)(C)C)cc1O[Si](C)(C)C(C)(C)C. The van der Waals surface area contributed by atoms with Crippen molar-refractivity contribution in [2.24, 2.45) is 0 Å². The lowest BCUT2D eigenvalue weighted by atomic mass is 10.0. The Morgan fingerprint density at radius 3 is 1.70 bits per heavy atom. The van der Waals surface area contributed by atoms with Gasteiger partial charge in [0, 0.05) is 11.6 Å². The predicted molar refractivity (Wildman–Crippen MR) is 188 cm³/mol. The zero-order valence-corrected chi connectivity index (χ0v) is 32.6. The van der Waals surface area contributed by atoms with Gasteiger partial charge in [0.25, 0.3) is 8.32 Å². The number of hydrogen-bond donors (Lipinski definition) is 0. The number of benzene rings is 2. The first kappa shape index (κ1) is 35.2. The van der Waals surface area contributed by atoms with Crippen molar-refractivity contribution in [1.82, 2.24) is 15.0 Å². The highest BCUT2D eigenvalue weighted by atomic mass is 127. The van der Waals surface area contributed by atoms with E-state index in [1.165, 1.54) is 0 Å². The van der Waals surface area contributed by atoms with Crippen LogP contribution in [0.2, 0.25) is 36.3 Å². The Bertz CT molecular complexity index is 1420. The van der Waals surface area contributed by atoms with E-state index in [4.69, 9.17) is 28.2 Å². The summed E-state index contributed by atoms with van der Waals surface area (Å²) in [5, 5.41) is 9.36. The molecule has 3 rings (SSSR count). The highest BCUT2D eigenvalue weighted by Gasteiger charge is 2.41. The third-order valence-corrected chi connectivity index (χ3v) is 18.6. The van der Waals surface area contributed by atoms with Crippen LogP contribution >= 0.6 is 22.6 Å². The van der Waals surface area contributed by atoms with Crippen LogP contribution < -0.4 is 23.1 Å². The van der Waals surface area contributed by atoms with Crippen LogP contribution in [0.4, 0.5) is 0 Å². The summed E-state index contributed by atoms with van der Waals surface area (Å²) >= 11 is 2.33. The summed E-state index contributed by atoms with van der Waals surface area (Å²) in [5.41, 5.74) is 3.81. The summed E-state index contributed by atoms with van der Waals surface area (Å²) in [6, 6.07) is 8.18. The van der Waals surface area contributed by atoms with E-state index in [9.17, 15) is 0 Å². The first-order chi connectivity index (χ1) is 19.8. The van der Waals surface area contributed by atoms with Gasteiger partial charge in [0.05, 0.1) is 27.9 Å². The fourth-order valence-corrected chi connectivity index (χ4v) is 6.81. The van der Waals surface area contributed by atoms with Crippen LogP contribution in [0.1, 0.15) is 59.6 Å². The molecule has 1 aromatic heterocycles. The van der Waals surface area contributed by atoms with Crippen LogP contribution in [0.25, 0.3) is 11.3 Å². The van der Waals surface area contributed by atoms with E-state index in [1.54, 1.807) is 21.3 Å². The largest absolute Gasteiger partial charge is 0.543 e. The van der Waals surface area contributed by atoms with E-state index in [2.05, 4.69) is 115 Å². The van der Waals surface area contributed by atoms with Gasteiger partial charge in [-0.25, -0.2) is 4.68 Å². The number of aromatic nitrogens is 3. The summed E-state index contributed by atoms with van der Waals surface area (Å²) in [5.74, 6) is 3.47. The van der Waals surface area contributed by atoms with Gasteiger partial charge in [0.15, 0.2) is 11.5 Å². The standard InChI is InChI=1S/C32H50IN3O5Si2/c1-15-22-18-23(25(41-43(13,14)32(5,6)7)19-24(22)40-42(11,12)31(2,3)4)28-30(33)36(35-34-28)20-21-16-26(37-8)29(39-10)27(17-21)38-9/h16-19H,15,20H2,1-14H3. The van der Waals surface area contributed by atoms with Crippen LogP contribution in [0.3, 0.4) is 0 Å². The Kier molecular flexibility index (Phi) is 10.6. The average molecular weight is 740 g/mol. The maximum atomic E-state index is 7.01. The van der Waals surface area contributed by atoms with Crippen molar-refractivity contribution in [2.75, 3.05) is 21.3 Å². The summed E-state index contributed by atoms with van der Waals surface area (Å²) in [6.45, 7) is 25.3. The normalized spacial score (nSPS) is 12.7. The van der Waals surface area contributed by atoms with Crippen LogP contribution in [-0.4, -0.2) is 53.0 Å². The van der Waals surface area contributed by atoms with Gasteiger partial charge in [-0.1, -0.05) is 53.7 Å². The Morgan fingerprint density at radius 2 is 1.26 bits per heavy atom. The van der Waals surface area contributed by atoms with Crippen LogP contribution in [0.5, 0.6) is 28.7 Å². The molecule has 0 radical (unpaired) electrons. The molecule has 0 bridgehead atoms. The summed E-state index contributed by atoms with van der Waals surface area (Å²) < 4.78 is 33.3. The molecule has 0 atom stereocenters. The monoisotopic (exact) mass is 739 g/mol. The lowest BCUT2D eigenvalue weighted by molar-refractivity contribution is 0.323. The second-order valence-electron chi connectivity index (χ2n) is 14.0. The second kappa shape index (κ2) is 13.0. The molecule has 3 aromatic rings. The van der Waals surface area contributed by atoms with Crippen molar-refractivity contribution in [2.45, 2.75) is 97.7 Å². The van der Waals surface area contributed by atoms with Crippen molar-refractivity contribution in [3.8, 4) is 40.0 Å². The molecule has 0 aliphatic heterocycles. The van der Waals surface area contributed by atoms with Gasteiger partial charge in [-0.3, -0.25) is 0 Å². The molecule has 0 spiro atoms. The molecule has 11 heteroatoms. The molecule has 43 heavy (non-hydrogen) atoms. The fraction of sp³-hybridized carbons (Fsp3) is 0.562. The van der Waals surface area contributed by atoms with Gasteiger partial charge < -0.3 is 23.1 Å². The van der Waals surface area contributed by atoms with Gasteiger partial charge in [0.2, 0.25) is 14.1 Å². The van der Waals surface area contributed by atoms with Crippen molar-refractivity contribution in [3.63, 3.8) is 0 Å². The molecule has 0 aliphatic carbocycles. The maximum Gasteiger partial charge on any atom is 0.250 e. The van der Waals surface area contributed by atoms with Crippen molar-refractivity contribution >= 4 is 39.2 Å². The molecule has 238 valence electrons. The zero-order chi connectivity index (χ0) is 32.5. The second-order valence-corrected chi connectivity index (χ2v) is 24.4. The summed E-state index contributed by atoms with van der Waals surface area (Å²) in [7, 11) is 0.548. The molecule has 0 unspecified atom stereocenters. The van der Waals surface area contributed by atoms with Gasteiger partial charge in [0.1, 0.15) is 20.9 Å². The topological polar surface area (TPSA) is 76.9 Å². The van der Waals surface area contributed by atoms with E-state index < -0.39 is 16.6 Å². The van der Waals surface area contributed by atoms with Crippen LogP contribution in [-0.2, 0) is 13.0 Å². The molecule has 0 aliphatic rings. The number of aryl methyl sites for hydroxylation is 1. The van der Waals surface area contributed by atoms with E-state index in [1.807, 2.05) is 16.8 Å². The molecule has 0 saturated heterocycles. The highest BCUT2D eigenvalue weighted by molar-refractivity contribution is 14.1. The quantitative estimate of drug-likeness (QED) is 0.144. The number of hydrogen-bond acceptors (Lipinski definition) is 7. The van der Waals surface area contributed by atoms with E-state index in [-0.39, 0.29) is 10.1 Å². The third kappa shape index (κ3) is 7.52. The first-order valence-corrected chi connectivity index (χ1v) is 21.6. The van der Waals surface area contributed by atoms with Gasteiger partial charge >= 0.3 is 0 Å². The number of nitrogens with zero attached hydrogens (tertiary/aromatic N) is 3. The minimum absolute atomic E-state index is 0.0192. The molecule has 1 heterocycles. The molecule has 2 aromatic carbocycles. The first-order valence-electron chi connectivity index (χ1n) is 14.7. The van der Waals surface area contributed by atoms with E-state index in [0.717, 1.165) is 44.0 Å². The molecule has 0 fully saturated rings. The zero-order valence-electron chi connectivity index (χ0n) is 28.5. The summed E-state index contributed by atoms with van der Waals surface area (Å²) in [6.07, 6.45) is 0.827. The smallest absolute Gasteiger partial charge is 0.250 e. The minimum Gasteiger partial charge on any atom is -0.543 e. The molecule has 0 N–H and O–H groups in total.